The Kier molecular flexibility index (Phi) is 6.17. The van der Waals surface area contributed by atoms with Crippen LogP contribution in [0, 0.1) is 5.92 Å². The van der Waals surface area contributed by atoms with Gasteiger partial charge in [0.1, 0.15) is 6.61 Å². The number of carboxylic acids is 1. The lowest BCUT2D eigenvalue weighted by molar-refractivity contribution is -0.141. The van der Waals surface area contributed by atoms with Gasteiger partial charge in [-0.3, -0.25) is 14.9 Å². The molecule has 0 radical (unpaired) electrons. The highest BCUT2D eigenvalue weighted by atomic mass is 35.5. The zero-order valence-electron chi connectivity index (χ0n) is 18.7. The first-order valence-electron chi connectivity index (χ1n) is 11.4. The molecule has 2 N–H and O–H groups in total. The molecule has 2 amide bonds. The largest absolute Gasteiger partial charge is 0.481 e. The highest BCUT2D eigenvalue weighted by molar-refractivity contribution is 6.33. The molecule has 1 aliphatic carbocycles. The molecule has 1 unspecified atom stereocenters. The fraction of sp³-hybridized carbons (Fsp3) is 0.222. The van der Waals surface area contributed by atoms with Gasteiger partial charge in [0, 0.05) is 24.6 Å². The molecule has 0 spiro atoms. The van der Waals surface area contributed by atoms with Crippen molar-refractivity contribution in [1.29, 1.82) is 0 Å². The summed E-state index contributed by atoms with van der Waals surface area (Å²) in [6.07, 6.45) is -0.259. The summed E-state index contributed by atoms with van der Waals surface area (Å²) in [5, 5.41) is 12.1. The second kappa shape index (κ2) is 9.43. The molecule has 178 valence electrons. The van der Waals surface area contributed by atoms with Gasteiger partial charge in [-0.15, -0.1) is 0 Å². The third-order valence-electron chi connectivity index (χ3n) is 6.62. The van der Waals surface area contributed by atoms with E-state index in [1.165, 1.54) is 17.0 Å². The maximum Gasteiger partial charge on any atom is 0.411 e. The van der Waals surface area contributed by atoms with Crippen molar-refractivity contribution in [3.05, 3.63) is 88.4 Å². The van der Waals surface area contributed by atoms with Gasteiger partial charge in [-0.25, -0.2) is 4.79 Å². The molecule has 35 heavy (non-hydrogen) atoms. The van der Waals surface area contributed by atoms with E-state index in [4.69, 9.17) is 16.3 Å². The number of carboxylic acid groups (broad SMARTS) is 1. The van der Waals surface area contributed by atoms with Crippen LogP contribution in [0.1, 0.15) is 33.8 Å². The molecule has 1 saturated heterocycles. The first-order valence-corrected chi connectivity index (χ1v) is 11.7. The van der Waals surface area contributed by atoms with Crippen molar-refractivity contribution in [1.82, 2.24) is 4.90 Å². The molecular weight excluding hydrogens is 468 g/mol. The van der Waals surface area contributed by atoms with Crippen molar-refractivity contribution < 1.29 is 24.2 Å². The zero-order chi connectivity index (χ0) is 24.5. The summed E-state index contributed by atoms with van der Waals surface area (Å²) in [4.78, 5) is 38.2. The Hall–Kier alpha value is -3.84. The quantitative estimate of drug-likeness (QED) is 0.509. The van der Waals surface area contributed by atoms with Gasteiger partial charge in [0.2, 0.25) is 0 Å². The summed E-state index contributed by atoms with van der Waals surface area (Å²) in [5.41, 5.74) is 5.06. The second-order valence-corrected chi connectivity index (χ2v) is 9.13. The third kappa shape index (κ3) is 4.47. The zero-order valence-corrected chi connectivity index (χ0v) is 19.5. The Bertz CT molecular complexity index is 1280. The Morgan fingerprint density at radius 1 is 1.00 bits per heavy atom. The van der Waals surface area contributed by atoms with Crippen LogP contribution in [0.2, 0.25) is 5.02 Å². The number of fused-ring (bicyclic) bond motifs is 3. The molecule has 5 rings (SSSR count). The molecular formula is C27H23ClN2O5. The highest BCUT2D eigenvalue weighted by Gasteiger charge is 2.32. The molecule has 0 bridgehead atoms. The number of benzene rings is 3. The molecule has 8 heteroatoms. The van der Waals surface area contributed by atoms with E-state index in [1.54, 1.807) is 6.07 Å². The van der Waals surface area contributed by atoms with Crippen molar-refractivity contribution in [2.24, 2.45) is 5.92 Å². The van der Waals surface area contributed by atoms with Gasteiger partial charge in [0.25, 0.3) is 5.91 Å². The minimum absolute atomic E-state index is 0.0751. The number of nitrogens with one attached hydrogen (secondary N) is 1. The molecule has 1 atom stereocenters. The number of rotatable bonds is 5. The van der Waals surface area contributed by atoms with Gasteiger partial charge in [-0.05, 0) is 46.9 Å². The summed E-state index contributed by atoms with van der Waals surface area (Å²) in [7, 11) is 0. The SMILES string of the molecule is O=C(Nc1cc(C(=O)N2CCC(C(=O)O)C2)ccc1Cl)OCC1c2ccccc2-c2ccccc21. The van der Waals surface area contributed by atoms with Crippen LogP contribution in [0.5, 0.6) is 0 Å². The maximum atomic E-state index is 12.8. The van der Waals surface area contributed by atoms with Crippen LogP contribution < -0.4 is 5.32 Å². The Morgan fingerprint density at radius 2 is 1.66 bits per heavy atom. The lowest BCUT2D eigenvalue weighted by Gasteiger charge is -2.17. The second-order valence-electron chi connectivity index (χ2n) is 8.72. The minimum atomic E-state index is -0.908. The minimum Gasteiger partial charge on any atom is -0.481 e. The predicted octanol–water partition coefficient (Wildman–Crippen LogP) is 5.25. The third-order valence-corrected chi connectivity index (χ3v) is 6.95. The van der Waals surface area contributed by atoms with E-state index in [9.17, 15) is 19.5 Å². The molecule has 3 aromatic rings. The number of anilines is 1. The van der Waals surface area contributed by atoms with Gasteiger partial charge in [0.15, 0.2) is 0 Å². The average Bonchev–Trinajstić information content (AvgIpc) is 3.48. The van der Waals surface area contributed by atoms with Gasteiger partial charge in [0.05, 0.1) is 16.6 Å². The summed E-state index contributed by atoms with van der Waals surface area (Å²) >= 11 is 6.26. The Labute approximate surface area is 207 Å². The van der Waals surface area contributed by atoms with Crippen LogP contribution in [0.15, 0.2) is 66.7 Å². The first kappa shape index (κ1) is 22.9. The summed E-state index contributed by atoms with van der Waals surface area (Å²) in [5.74, 6) is -1.85. The van der Waals surface area contributed by atoms with E-state index in [2.05, 4.69) is 17.4 Å². The van der Waals surface area contributed by atoms with Gasteiger partial charge < -0.3 is 14.7 Å². The van der Waals surface area contributed by atoms with Crippen molar-refractivity contribution in [3.8, 4) is 11.1 Å². The molecule has 1 heterocycles. The number of amides is 2. The van der Waals surface area contributed by atoms with E-state index in [-0.39, 0.29) is 35.7 Å². The number of hydrogen-bond donors (Lipinski definition) is 2. The maximum absolute atomic E-state index is 12.8. The lowest BCUT2D eigenvalue weighted by Crippen LogP contribution is -2.30. The highest BCUT2D eigenvalue weighted by Crippen LogP contribution is 2.44. The number of halogens is 1. The fourth-order valence-electron chi connectivity index (χ4n) is 4.83. The average molecular weight is 491 g/mol. The molecule has 2 aliphatic rings. The normalized spacial score (nSPS) is 16.5. The number of hydrogen-bond acceptors (Lipinski definition) is 4. The van der Waals surface area contributed by atoms with Crippen LogP contribution in [0.3, 0.4) is 0 Å². The molecule has 1 fully saturated rings. The molecule has 0 aromatic heterocycles. The Morgan fingerprint density at radius 3 is 2.29 bits per heavy atom. The monoisotopic (exact) mass is 490 g/mol. The Balaban J connectivity index is 1.26. The number of nitrogens with zero attached hydrogens (tertiary/aromatic N) is 1. The summed E-state index contributed by atoms with van der Waals surface area (Å²) in [6, 6.07) is 20.7. The number of carbonyl (C=O) groups is 3. The van der Waals surface area contributed by atoms with Crippen LogP contribution >= 0.6 is 11.6 Å². The number of ether oxygens (including phenoxy) is 1. The van der Waals surface area contributed by atoms with Crippen LogP contribution in [0.25, 0.3) is 11.1 Å². The topological polar surface area (TPSA) is 95.9 Å². The van der Waals surface area contributed by atoms with Gasteiger partial charge in [-0.2, -0.15) is 0 Å². The number of carbonyl (C=O) groups excluding carboxylic acids is 2. The van der Waals surface area contributed by atoms with E-state index in [1.807, 2.05) is 36.4 Å². The van der Waals surface area contributed by atoms with Crippen molar-refractivity contribution in [2.45, 2.75) is 12.3 Å². The van der Waals surface area contributed by atoms with Crippen LogP contribution in [-0.4, -0.2) is 47.7 Å². The van der Waals surface area contributed by atoms with E-state index < -0.39 is 18.0 Å². The van der Waals surface area contributed by atoms with Gasteiger partial charge in [-0.1, -0.05) is 60.1 Å². The summed E-state index contributed by atoms with van der Waals surface area (Å²) < 4.78 is 5.57. The van der Waals surface area contributed by atoms with E-state index >= 15 is 0 Å². The summed E-state index contributed by atoms with van der Waals surface area (Å²) in [6.45, 7) is 0.681. The standard InChI is InChI=1S/C27H23ClN2O5/c28-23-10-9-16(25(31)30-12-11-17(14-30)26(32)33)13-24(23)29-27(34)35-15-22-20-7-3-1-5-18(20)19-6-2-4-8-21(19)22/h1-10,13,17,22H,11-12,14-15H2,(H,29,34)(H,32,33). The molecule has 3 aromatic carbocycles. The van der Waals surface area contributed by atoms with Crippen LogP contribution in [0.4, 0.5) is 10.5 Å². The van der Waals surface area contributed by atoms with Gasteiger partial charge >= 0.3 is 12.1 Å². The van der Waals surface area contributed by atoms with Crippen molar-refractivity contribution in [2.75, 3.05) is 25.0 Å². The van der Waals surface area contributed by atoms with Crippen molar-refractivity contribution >= 4 is 35.3 Å². The fourth-order valence-corrected chi connectivity index (χ4v) is 4.99. The lowest BCUT2D eigenvalue weighted by atomic mass is 9.98. The number of likely N-dealkylation sites (tertiary alicyclic amines) is 1. The van der Waals surface area contributed by atoms with Crippen molar-refractivity contribution in [3.63, 3.8) is 0 Å². The van der Waals surface area contributed by atoms with E-state index in [0.29, 0.717) is 18.5 Å². The first-order chi connectivity index (χ1) is 16.9. The molecule has 0 saturated carbocycles. The number of aliphatic carboxylic acids is 1. The molecule has 7 nitrogen and oxygen atoms in total. The predicted molar refractivity (Wildman–Crippen MR) is 132 cm³/mol. The molecule has 1 aliphatic heterocycles. The smallest absolute Gasteiger partial charge is 0.411 e. The van der Waals surface area contributed by atoms with Crippen LogP contribution in [-0.2, 0) is 9.53 Å². The van der Waals surface area contributed by atoms with E-state index in [0.717, 1.165) is 22.3 Å².